The molecule has 1 unspecified atom stereocenters. The summed E-state index contributed by atoms with van der Waals surface area (Å²) in [4.78, 5) is 2.53. The van der Waals surface area contributed by atoms with Crippen molar-refractivity contribution >= 4 is 0 Å². The Morgan fingerprint density at radius 1 is 1.21 bits per heavy atom. The number of fused-ring (bicyclic) bond motifs is 1. The van der Waals surface area contributed by atoms with Gasteiger partial charge in [-0.2, -0.15) is 0 Å². The van der Waals surface area contributed by atoms with Crippen LogP contribution in [0.15, 0.2) is 12.1 Å². The second-order valence-electron chi connectivity index (χ2n) is 5.51. The molecule has 104 valence electrons. The Kier molecular flexibility index (Phi) is 3.62. The predicted octanol–water partition coefficient (Wildman–Crippen LogP) is 1.73. The third-order valence-electron chi connectivity index (χ3n) is 4.03. The Bertz CT molecular complexity index is 456. The molecule has 0 spiro atoms. The third kappa shape index (κ3) is 2.69. The lowest BCUT2D eigenvalue weighted by molar-refractivity contribution is 0.174. The molecule has 1 aromatic rings. The van der Waals surface area contributed by atoms with E-state index in [1.807, 2.05) is 0 Å². The zero-order valence-corrected chi connectivity index (χ0v) is 11.7. The molecule has 1 saturated heterocycles. The number of ether oxygens (including phenoxy) is 2. The van der Waals surface area contributed by atoms with E-state index in [1.165, 1.54) is 11.1 Å². The maximum absolute atomic E-state index is 5.49. The minimum absolute atomic E-state index is 0.352. The molecule has 0 amide bonds. The van der Waals surface area contributed by atoms with Gasteiger partial charge < -0.3 is 19.7 Å². The summed E-state index contributed by atoms with van der Waals surface area (Å²) in [6.45, 7) is 10.4. The molecule has 1 fully saturated rings. The number of rotatable bonds is 3. The van der Waals surface area contributed by atoms with Crippen molar-refractivity contribution in [3.8, 4) is 11.5 Å². The zero-order valence-electron chi connectivity index (χ0n) is 11.7. The number of aryl methyl sites for hydroxylation is 1. The number of hydrogen-bond donors (Lipinski definition) is 1. The summed E-state index contributed by atoms with van der Waals surface area (Å²) < 4.78 is 10.9. The zero-order chi connectivity index (χ0) is 13.2. The van der Waals surface area contributed by atoms with Crippen LogP contribution in [0.3, 0.4) is 0 Å². The Labute approximate surface area is 114 Å². The van der Waals surface area contributed by atoms with E-state index in [0.29, 0.717) is 12.7 Å². The fraction of sp³-hybridized carbons (Fsp3) is 0.600. The topological polar surface area (TPSA) is 33.7 Å². The minimum atomic E-state index is 0.352. The van der Waals surface area contributed by atoms with Gasteiger partial charge in [0.05, 0.1) is 0 Å². The summed E-state index contributed by atoms with van der Waals surface area (Å²) in [6.07, 6.45) is 0. The first-order valence-electron chi connectivity index (χ1n) is 7.07. The highest BCUT2D eigenvalue weighted by molar-refractivity contribution is 5.49. The Balaban J connectivity index is 1.73. The predicted molar refractivity (Wildman–Crippen MR) is 75.0 cm³/mol. The van der Waals surface area contributed by atoms with E-state index < -0.39 is 0 Å². The van der Waals surface area contributed by atoms with Crippen LogP contribution in [0.4, 0.5) is 0 Å². The van der Waals surface area contributed by atoms with E-state index in [2.05, 4.69) is 36.2 Å². The molecular weight excluding hydrogens is 240 g/mol. The number of benzene rings is 1. The van der Waals surface area contributed by atoms with Gasteiger partial charge in [-0.25, -0.2) is 0 Å². The molecule has 2 aliphatic rings. The molecule has 4 heteroatoms. The van der Waals surface area contributed by atoms with Gasteiger partial charge in [0.2, 0.25) is 6.79 Å². The van der Waals surface area contributed by atoms with Crippen molar-refractivity contribution < 1.29 is 9.47 Å². The van der Waals surface area contributed by atoms with Crippen LogP contribution < -0.4 is 14.8 Å². The van der Waals surface area contributed by atoms with Crippen LogP contribution in [0, 0.1) is 6.92 Å². The molecule has 19 heavy (non-hydrogen) atoms. The molecule has 4 nitrogen and oxygen atoms in total. The first kappa shape index (κ1) is 12.8. The Morgan fingerprint density at radius 2 is 1.89 bits per heavy atom. The molecule has 2 heterocycles. The van der Waals surface area contributed by atoms with Crippen LogP contribution in [-0.4, -0.2) is 44.4 Å². The molecule has 2 aliphatic heterocycles. The third-order valence-corrected chi connectivity index (χ3v) is 4.03. The summed E-state index contributed by atoms with van der Waals surface area (Å²) >= 11 is 0. The van der Waals surface area contributed by atoms with Crippen molar-refractivity contribution in [2.75, 3.05) is 39.5 Å². The standard InChI is InChI=1S/C15H22N2O2/c1-11-7-14-15(19-10-18-14)8-13(11)12(2)9-17-5-3-16-4-6-17/h7-8,12,16H,3-6,9-10H2,1-2H3. The maximum Gasteiger partial charge on any atom is 0.231 e. The molecule has 1 N–H and O–H groups in total. The molecule has 0 saturated carbocycles. The number of nitrogens with one attached hydrogen (secondary N) is 1. The van der Waals surface area contributed by atoms with E-state index >= 15 is 0 Å². The van der Waals surface area contributed by atoms with E-state index in [0.717, 1.165) is 44.2 Å². The largest absolute Gasteiger partial charge is 0.454 e. The molecule has 3 rings (SSSR count). The fourth-order valence-electron chi connectivity index (χ4n) is 2.97. The van der Waals surface area contributed by atoms with Crippen LogP contribution >= 0.6 is 0 Å². The monoisotopic (exact) mass is 262 g/mol. The van der Waals surface area contributed by atoms with Gasteiger partial charge in [-0.05, 0) is 36.1 Å². The van der Waals surface area contributed by atoms with Gasteiger partial charge in [0.15, 0.2) is 11.5 Å². The van der Waals surface area contributed by atoms with Gasteiger partial charge in [0, 0.05) is 32.7 Å². The maximum atomic E-state index is 5.49. The average molecular weight is 262 g/mol. The smallest absolute Gasteiger partial charge is 0.231 e. The van der Waals surface area contributed by atoms with Gasteiger partial charge in [0.25, 0.3) is 0 Å². The highest BCUT2D eigenvalue weighted by Gasteiger charge is 2.20. The van der Waals surface area contributed by atoms with Crippen molar-refractivity contribution in [3.05, 3.63) is 23.3 Å². The number of piperazine rings is 1. The quantitative estimate of drug-likeness (QED) is 0.899. The minimum Gasteiger partial charge on any atom is -0.454 e. The van der Waals surface area contributed by atoms with Crippen LogP contribution in [0.25, 0.3) is 0 Å². The van der Waals surface area contributed by atoms with Crippen LogP contribution in [-0.2, 0) is 0 Å². The van der Waals surface area contributed by atoms with Gasteiger partial charge in [-0.15, -0.1) is 0 Å². The first-order chi connectivity index (χ1) is 9.24. The van der Waals surface area contributed by atoms with Crippen molar-refractivity contribution in [1.29, 1.82) is 0 Å². The van der Waals surface area contributed by atoms with Gasteiger partial charge >= 0.3 is 0 Å². The van der Waals surface area contributed by atoms with Gasteiger partial charge in [0.1, 0.15) is 0 Å². The summed E-state index contributed by atoms with van der Waals surface area (Å²) in [7, 11) is 0. The average Bonchev–Trinajstić information content (AvgIpc) is 2.86. The second kappa shape index (κ2) is 5.39. The Morgan fingerprint density at radius 3 is 2.63 bits per heavy atom. The lowest BCUT2D eigenvalue weighted by Gasteiger charge is -2.30. The van der Waals surface area contributed by atoms with E-state index in [9.17, 15) is 0 Å². The normalized spacial score (nSPS) is 20.5. The van der Waals surface area contributed by atoms with Gasteiger partial charge in [-0.3, -0.25) is 0 Å². The molecule has 1 atom stereocenters. The van der Waals surface area contributed by atoms with Crippen molar-refractivity contribution in [1.82, 2.24) is 10.2 Å². The second-order valence-corrected chi connectivity index (χ2v) is 5.51. The molecular formula is C15H22N2O2. The summed E-state index contributed by atoms with van der Waals surface area (Å²) in [5.41, 5.74) is 2.68. The molecule has 0 aliphatic carbocycles. The highest BCUT2D eigenvalue weighted by Crippen LogP contribution is 2.37. The summed E-state index contributed by atoms with van der Waals surface area (Å²) in [5, 5.41) is 3.39. The van der Waals surface area contributed by atoms with E-state index in [-0.39, 0.29) is 0 Å². The number of nitrogens with zero attached hydrogens (tertiary/aromatic N) is 1. The van der Waals surface area contributed by atoms with Crippen LogP contribution in [0.2, 0.25) is 0 Å². The van der Waals surface area contributed by atoms with Crippen molar-refractivity contribution in [2.24, 2.45) is 0 Å². The highest BCUT2D eigenvalue weighted by atomic mass is 16.7. The van der Waals surface area contributed by atoms with Crippen LogP contribution in [0.5, 0.6) is 11.5 Å². The van der Waals surface area contributed by atoms with Crippen molar-refractivity contribution in [2.45, 2.75) is 19.8 Å². The number of hydrogen-bond acceptors (Lipinski definition) is 4. The van der Waals surface area contributed by atoms with E-state index in [4.69, 9.17) is 9.47 Å². The fourth-order valence-corrected chi connectivity index (χ4v) is 2.97. The summed E-state index contributed by atoms with van der Waals surface area (Å²) in [5.74, 6) is 2.30. The first-order valence-corrected chi connectivity index (χ1v) is 7.07. The van der Waals surface area contributed by atoms with Crippen molar-refractivity contribution in [3.63, 3.8) is 0 Å². The van der Waals surface area contributed by atoms with Crippen LogP contribution in [0.1, 0.15) is 24.0 Å². The van der Waals surface area contributed by atoms with E-state index in [1.54, 1.807) is 0 Å². The lowest BCUT2D eigenvalue weighted by atomic mass is 9.95. The molecule has 0 radical (unpaired) electrons. The van der Waals surface area contributed by atoms with Gasteiger partial charge in [-0.1, -0.05) is 6.92 Å². The Hall–Kier alpha value is -1.26. The molecule has 0 aromatic heterocycles. The molecule has 0 bridgehead atoms. The molecule has 1 aromatic carbocycles. The SMILES string of the molecule is Cc1cc2c(cc1C(C)CN1CCNCC1)OCO2. The summed E-state index contributed by atoms with van der Waals surface area (Å²) in [6, 6.07) is 4.26. The lowest BCUT2D eigenvalue weighted by Crippen LogP contribution is -2.44.